The molecule has 18 heavy (non-hydrogen) atoms. The van der Waals surface area contributed by atoms with E-state index in [2.05, 4.69) is 11.8 Å². The second-order valence-electron chi connectivity index (χ2n) is 5.66. The van der Waals surface area contributed by atoms with E-state index >= 15 is 0 Å². The smallest absolute Gasteiger partial charge is 0.146 e. The summed E-state index contributed by atoms with van der Waals surface area (Å²) in [5.74, 6) is 0.598. The molecule has 2 atom stereocenters. The second-order valence-corrected chi connectivity index (χ2v) is 5.66. The summed E-state index contributed by atoms with van der Waals surface area (Å²) in [4.78, 5) is 2.06. The first kappa shape index (κ1) is 13.3. The van der Waals surface area contributed by atoms with Gasteiger partial charge in [-0.05, 0) is 56.7 Å². The van der Waals surface area contributed by atoms with Gasteiger partial charge in [0.25, 0.3) is 0 Å². The molecule has 0 aromatic heterocycles. The number of halogens is 1. The Balaban J connectivity index is 2.13. The largest absolute Gasteiger partial charge is 0.369 e. The maximum atomic E-state index is 14.1. The molecule has 2 unspecified atom stereocenters. The van der Waals surface area contributed by atoms with Crippen molar-refractivity contribution >= 4 is 5.69 Å². The van der Waals surface area contributed by atoms with E-state index in [-0.39, 0.29) is 11.9 Å². The van der Waals surface area contributed by atoms with Gasteiger partial charge in [-0.2, -0.15) is 0 Å². The Hall–Kier alpha value is -1.09. The molecule has 2 rings (SSSR count). The lowest BCUT2D eigenvalue weighted by molar-refractivity contribution is 0.575. The van der Waals surface area contributed by atoms with Crippen molar-refractivity contribution in [2.75, 3.05) is 11.9 Å². The summed E-state index contributed by atoms with van der Waals surface area (Å²) in [7, 11) is 1.98. The van der Waals surface area contributed by atoms with E-state index in [1.54, 1.807) is 6.07 Å². The van der Waals surface area contributed by atoms with Crippen LogP contribution in [0.25, 0.3) is 0 Å². The number of anilines is 1. The van der Waals surface area contributed by atoms with E-state index in [1.807, 2.05) is 26.1 Å². The fraction of sp³-hybridized carbons (Fsp3) is 0.600. The lowest BCUT2D eigenvalue weighted by atomic mass is 10.1. The minimum absolute atomic E-state index is 0.0679. The molecule has 0 aliphatic heterocycles. The van der Waals surface area contributed by atoms with Crippen LogP contribution in [0.1, 0.15) is 32.3 Å². The molecule has 1 fully saturated rings. The fourth-order valence-electron chi connectivity index (χ4n) is 2.45. The molecule has 1 saturated carbocycles. The summed E-state index contributed by atoms with van der Waals surface area (Å²) in [6, 6.07) is 5.97. The molecular weight excluding hydrogens is 227 g/mol. The molecule has 1 aliphatic carbocycles. The molecule has 0 saturated heterocycles. The van der Waals surface area contributed by atoms with Gasteiger partial charge in [-0.15, -0.1) is 0 Å². The SMILES string of the molecule is CC(N)Cc1ccc(N(C)C(C)C2CC2)c(F)c1. The van der Waals surface area contributed by atoms with Crippen molar-refractivity contribution in [2.24, 2.45) is 11.7 Å². The van der Waals surface area contributed by atoms with Gasteiger partial charge in [0.05, 0.1) is 5.69 Å². The fourth-order valence-corrected chi connectivity index (χ4v) is 2.45. The number of hydrogen-bond acceptors (Lipinski definition) is 2. The average molecular weight is 250 g/mol. The van der Waals surface area contributed by atoms with Crippen molar-refractivity contribution in [3.05, 3.63) is 29.6 Å². The molecule has 2 N–H and O–H groups in total. The van der Waals surface area contributed by atoms with Crippen molar-refractivity contribution in [1.29, 1.82) is 0 Å². The molecule has 100 valence electrons. The molecular formula is C15H23FN2. The van der Waals surface area contributed by atoms with Crippen molar-refractivity contribution < 1.29 is 4.39 Å². The molecule has 1 aromatic rings. The van der Waals surface area contributed by atoms with Crippen LogP contribution in [0.4, 0.5) is 10.1 Å². The van der Waals surface area contributed by atoms with E-state index in [0.29, 0.717) is 11.7 Å². The number of rotatable bonds is 5. The molecule has 3 heteroatoms. The summed E-state index contributed by atoms with van der Waals surface area (Å²) in [5.41, 5.74) is 7.40. The number of benzene rings is 1. The maximum Gasteiger partial charge on any atom is 0.146 e. The number of nitrogens with zero attached hydrogens (tertiary/aromatic N) is 1. The van der Waals surface area contributed by atoms with E-state index in [4.69, 9.17) is 5.73 Å². The van der Waals surface area contributed by atoms with Gasteiger partial charge in [0, 0.05) is 19.1 Å². The van der Waals surface area contributed by atoms with E-state index in [1.165, 1.54) is 12.8 Å². The highest BCUT2D eigenvalue weighted by atomic mass is 19.1. The summed E-state index contributed by atoms with van der Waals surface area (Å²) in [6.07, 6.45) is 3.27. The Morgan fingerprint density at radius 3 is 2.56 bits per heavy atom. The zero-order chi connectivity index (χ0) is 13.3. The highest BCUT2D eigenvalue weighted by molar-refractivity contribution is 5.49. The lowest BCUT2D eigenvalue weighted by Gasteiger charge is -2.27. The highest BCUT2D eigenvalue weighted by Gasteiger charge is 2.31. The van der Waals surface area contributed by atoms with Gasteiger partial charge < -0.3 is 10.6 Å². The summed E-state index contributed by atoms with van der Waals surface area (Å²) in [6.45, 7) is 4.11. The third-order valence-electron chi connectivity index (χ3n) is 3.86. The summed E-state index contributed by atoms with van der Waals surface area (Å²) in [5, 5.41) is 0. The third-order valence-corrected chi connectivity index (χ3v) is 3.86. The quantitative estimate of drug-likeness (QED) is 0.870. The van der Waals surface area contributed by atoms with Gasteiger partial charge in [-0.1, -0.05) is 6.07 Å². The predicted molar refractivity (Wildman–Crippen MR) is 74.3 cm³/mol. The average Bonchev–Trinajstić information content (AvgIpc) is 3.10. The van der Waals surface area contributed by atoms with Crippen LogP contribution in [0.3, 0.4) is 0 Å². The first-order valence-electron chi connectivity index (χ1n) is 6.76. The van der Waals surface area contributed by atoms with Gasteiger partial charge in [-0.3, -0.25) is 0 Å². The predicted octanol–water partition coefficient (Wildman–Crippen LogP) is 2.95. The zero-order valence-electron chi connectivity index (χ0n) is 11.5. The molecule has 0 heterocycles. The van der Waals surface area contributed by atoms with Crippen molar-refractivity contribution in [3.63, 3.8) is 0 Å². The Kier molecular flexibility index (Phi) is 3.91. The molecule has 1 aromatic carbocycles. The molecule has 2 nitrogen and oxygen atoms in total. The maximum absolute atomic E-state index is 14.1. The molecule has 0 bridgehead atoms. The number of nitrogens with two attached hydrogens (primary N) is 1. The van der Waals surface area contributed by atoms with Gasteiger partial charge >= 0.3 is 0 Å². The normalized spacial score (nSPS) is 18.5. The van der Waals surface area contributed by atoms with E-state index < -0.39 is 0 Å². The van der Waals surface area contributed by atoms with E-state index in [0.717, 1.165) is 17.9 Å². The first-order valence-corrected chi connectivity index (χ1v) is 6.76. The van der Waals surface area contributed by atoms with Crippen LogP contribution in [0, 0.1) is 11.7 Å². The van der Waals surface area contributed by atoms with Crippen molar-refractivity contribution in [1.82, 2.24) is 0 Å². The van der Waals surface area contributed by atoms with Crippen molar-refractivity contribution in [2.45, 2.75) is 45.2 Å². The van der Waals surface area contributed by atoms with Crippen molar-refractivity contribution in [3.8, 4) is 0 Å². The van der Waals surface area contributed by atoms with Crippen LogP contribution in [0.2, 0.25) is 0 Å². The second kappa shape index (κ2) is 5.27. The van der Waals surface area contributed by atoms with Crippen LogP contribution in [-0.2, 0) is 6.42 Å². The van der Waals surface area contributed by atoms with Crippen LogP contribution in [0.15, 0.2) is 18.2 Å². The zero-order valence-corrected chi connectivity index (χ0v) is 11.5. The minimum Gasteiger partial charge on any atom is -0.369 e. The Morgan fingerprint density at radius 1 is 1.39 bits per heavy atom. The standard InChI is InChI=1S/C15H23FN2/c1-10(17)8-12-4-7-15(14(16)9-12)18(3)11(2)13-5-6-13/h4,7,9-11,13H,5-6,8,17H2,1-3H3. The Labute approximate surface area is 109 Å². The Bertz CT molecular complexity index is 413. The highest BCUT2D eigenvalue weighted by Crippen LogP contribution is 2.36. The monoisotopic (exact) mass is 250 g/mol. The van der Waals surface area contributed by atoms with Crippen LogP contribution in [-0.4, -0.2) is 19.1 Å². The van der Waals surface area contributed by atoms with E-state index in [9.17, 15) is 4.39 Å². The van der Waals surface area contributed by atoms with Gasteiger partial charge in [0.1, 0.15) is 5.82 Å². The van der Waals surface area contributed by atoms with Gasteiger partial charge in [0.15, 0.2) is 0 Å². The van der Waals surface area contributed by atoms with Gasteiger partial charge in [-0.25, -0.2) is 4.39 Å². The van der Waals surface area contributed by atoms with Gasteiger partial charge in [0.2, 0.25) is 0 Å². The Morgan fingerprint density at radius 2 is 2.06 bits per heavy atom. The molecule has 1 aliphatic rings. The molecule has 0 spiro atoms. The van der Waals surface area contributed by atoms with Crippen LogP contribution in [0.5, 0.6) is 0 Å². The van der Waals surface area contributed by atoms with Crippen LogP contribution < -0.4 is 10.6 Å². The first-order chi connectivity index (χ1) is 8.49. The lowest BCUT2D eigenvalue weighted by Crippen LogP contribution is -2.31. The number of hydrogen-bond donors (Lipinski definition) is 1. The van der Waals surface area contributed by atoms with Crippen LogP contribution >= 0.6 is 0 Å². The molecule has 0 amide bonds. The third kappa shape index (κ3) is 3.02. The summed E-state index contributed by atoms with van der Waals surface area (Å²) < 4.78 is 14.1. The molecule has 0 radical (unpaired) electrons. The minimum atomic E-state index is -0.136. The topological polar surface area (TPSA) is 29.3 Å². The summed E-state index contributed by atoms with van der Waals surface area (Å²) >= 11 is 0.